The van der Waals surface area contributed by atoms with Gasteiger partial charge in [-0.1, -0.05) is 284 Å². The molecule has 0 amide bonds. The van der Waals surface area contributed by atoms with Crippen molar-refractivity contribution in [3.05, 3.63) is 394 Å². The molecule has 0 fully saturated rings. The maximum absolute atomic E-state index is 17.5. The number of benzene rings is 16. The van der Waals surface area contributed by atoms with E-state index in [2.05, 4.69) is 388 Å². The van der Waals surface area contributed by atoms with Gasteiger partial charge in [0.25, 0.3) is 6.71 Å². The molecule has 4 aliphatic rings. The van der Waals surface area contributed by atoms with Crippen LogP contribution >= 0.6 is 11.8 Å². The molecular weight excluding hydrogens is 1300 g/mol. The van der Waals surface area contributed by atoms with Crippen LogP contribution in [0.4, 0.5) is 89.7 Å². The van der Waals surface area contributed by atoms with Crippen LogP contribution in [0.5, 0.6) is 0 Å². The molecule has 0 aliphatic carbocycles. The zero-order valence-corrected chi connectivity index (χ0v) is 57.9. The van der Waals surface area contributed by atoms with E-state index in [9.17, 15) is 0 Å². The van der Waals surface area contributed by atoms with Crippen molar-refractivity contribution in [2.45, 2.75) is 9.79 Å². The molecule has 0 bridgehead atoms. The topological polar surface area (TPSA) is 16.2 Å². The van der Waals surface area contributed by atoms with Gasteiger partial charge in [0.05, 0.1) is 17.1 Å². The summed E-state index contributed by atoms with van der Waals surface area (Å²) in [6.45, 7) is -0.483. The largest absolute Gasteiger partial charge is 0.311 e. The normalized spacial score (nSPS) is 12.7. The second-order valence-corrected chi connectivity index (χ2v) is 28.3. The number of fused-ring (bicyclic) bond motifs is 8. The predicted octanol–water partition coefficient (Wildman–Crippen LogP) is 22.3. The average Bonchev–Trinajstić information content (AvgIpc) is 0.684. The molecule has 0 saturated carbocycles. The lowest BCUT2D eigenvalue weighted by molar-refractivity contribution is 0.629. The van der Waals surface area contributed by atoms with Gasteiger partial charge in [0.1, 0.15) is 5.82 Å². The van der Waals surface area contributed by atoms with Crippen molar-refractivity contribution in [2.24, 2.45) is 0 Å². The van der Waals surface area contributed by atoms with Gasteiger partial charge in [0.15, 0.2) is 0 Å². The third kappa shape index (κ3) is 10.5. The van der Waals surface area contributed by atoms with E-state index in [0.717, 1.165) is 151 Å². The molecular formula is C96H64B2FN5S. The molecule has 0 atom stereocenters. The fraction of sp³-hybridized carbons (Fsp3) is 0. The van der Waals surface area contributed by atoms with Crippen LogP contribution < -0.4 is 57.3 Å². The Morgan fingerprint density at radius 3 is 1.18 bits per heavy atom. The first-order valence-corrected chi connectivity index (χ1v) is 36.7. The summed E-state index contributed by atoms with van der Waals surface area (Å²) < 4.78 is 17.5. The predicted molar refractivity (Wildman–Crippen MR) is 441 cm³/mol. The number of rotatable bonds is 13. The molecule has 0 N–H and O–H groups in total. The van der Waals surface area contributed by atoms with E-state index >= 15 is 4.39 Å². The number of para-hydroxylation sites is 7. The number of anilines is 15. The van der Waals surface area contributed by atoms with E-state index in [1.54, 1.807) is 12.1 Å². The molecule has 0 saturated heterocycles. The van der Waals surface area contributed by atoms with Gasteiger partial charge >= 0.3 is 0 Å². The molecule has 20 rings (SSSR count). The summed E-state index contributed by atoms with van der Waals surface area (Å²) in [7, 11) is 0. The van der Waals surface area contributed by atoms with Gasteiger partial charge in [0, 0.05) is 94.7 Å². The minimum absolute atomic E-state index is 0.204. The highest BCUT2D eigenvalue weighted by Gasteiger charge is 2.48. The van der Waals surface area contributed by atoms with Gasteiger partial charge in [-0.3, -0.25) is 0 Å². The second kappa shape index (κ2) is 25.8. The first-order chi connectivity index (χ1) is 52.0. The highest BCUT2D eigenvalue weighted by molar-refractivity contribution is 8.00. The maximum atomic E-state index is 17.5. The van der Waals surface area contributed by atoms with Crippen LogP contribution in [0.1, 0.15) is 0 Å². The SMILES string of the molecule is Fc1cc(-c2ccccc2)c(N2c3cc4c(cc3B3c5ccccc5N(c5ccccc5)c5cc(N(c6ccccc6)c6ccccc6)cc2c53)B2c3ccccc3N(c3ccccc3)c3cc(N(c5ccc(-c6ccccc6)cc5)c5ccccc5-c5ccccc5)cc(c32)S4)c(-c2ccccc2)c1. The van der Waals surface area contributed by atoms with Crippen LogP contribution in [0.3, 0.4) is 0 Å². The summed E-state index contributed by atoms with van der Waals surface area (Å²) in [5.74, 6) is -0.317. The third-order valence-electron chi connectivity index (χ3n) is 21.2. The van der Waals surface area contributed by atoms with Crippen LogP contribution in [0.15, 0.2) is 398 Å². The van der Waals surface area contributed by atoms with Crippen molar-refractivity contribution in [1.82, 2.24) is 0 Å². The minimum Gasteiger partial charge on any atom is -0.311 e. The van der Waals surface area contributed by atoms with Crippen LogP contribution in [-0.4, -0.2) is 13.4 Å². The molecule has 5 nitrogen and oxygen atoms in total. The molecule has 0 unspecified atom stereocenters. The summed E-state index contributed by atoms with van der Waals surface area (Å²) in [4.78, 5) is 14.7. The zero-order valence-electron chi connectivity index (χ0n) is 57.1. The summed E-state index contributed by atoms with van der Waals surface area (Å²) >= 11 is 1.85. The van der Waals surface area contributed by atoms with Crippen LogP contribution in [-0.2, 0) is 0 Å². The Morgan fingerprint density at radius 1 is 0.248 bits per heavy atom. The van der Waals surface area contributed by atoms with Crippen LogP contribution in [0.2, 0.25) is 0 Å². The van der Waals surface area contributed by atoms with Gasteiger partial charge in [-0.05, 0) is 176 Å². The van der Waals surface area contributed by atoms with E-state index in [-0.39, 0.29) is 19.2 Å². The molecule has 4 aliphatic heterocycles. The van der Waals surface area contributed by atoms with Crippen molar-refractivity contribution >= 4 is 143 Å². The quantitative estimate of drug-likeness (QED) is 0.106. The van der Waals surface area contributed by atoms with E-state index < -0.39 is 0 Å². The number of halogens is 1. The smallest absolute Gasteiger partial charge is 0.252 e. The number of hydrogen-bond acceptors (Lipinski definition) is 6. The Balaban J connectivity index is 0.897. The van der Waals surface area contributed by atoms with Crippen LogP contribution in [0.25, 0.3) is 44.5 Å². The van der Waals surface area contributed by atoms with E-state index in [1.807, 2.05) is 23.9 Å². The first kappa shape index (κ1) is 61.8. The standard InChI is InChI=1S/C96H64B2FN5S/c99-70-57-79(68-35-13-3-14-36-68)96(80(58-70)69-37-15-4-16-38-69)104-88-64-92-84(63-83(88)97-81-48-26-29-51-86(81)102(73-43-21-7-22-44-73)89-59-76(60-90(104)94(89)97)100(71-39-17-5-18-40-71)72-41-19-6-20-42-72)98-82-49-27-30-52-87(82)103(74-45-23-8-24-46-74)91-61-77(62-93(105-92)95(91)98)101(75-55-53-66(54-56-75)65-31-9-1-10-32-65)85-50-28-25-47-78(85)67-33-11-2-12-34-67/h1-64H. The van der Waals surface area contributed by atoms with E-state index in [1.165, 1.54) is 21.9 Å². The van der Waals surface area contributed by atoms with Gasteiger partial charge in [0.2, 0.25) is 6.71 Å². The Kier molecular flexibility index (Phi) is 15.2. The second-order valence-electron chi connectivity index (χ2n) is 27.2. The molecule has 105 heavy (non-hydrogen) atoms. The van der Waals surface area contributed by atoms with Gasteiger partial charge in [-0.15, -0.1) is 0 Å². The minimum atomic E-state index is -0.317. The molecule has 0 radical (unpaired) electrons. The van der Waals surface area contributed by atoms with Gasteiger partial charge in [-0.25, -0.2) is 4.39 Å². The van der Waals surface area contributed by atoms with Crippen molar-refractivity contribution in [1.29, 1.82) is 0 Å². The fourth-order valence-corrected chi connectivity index (χ4v) is 18.0. The van der Waals surface area contributed by atoms with Crippen molar-refractivity contribution in [3.8, 4) is 44.5 Å². The Labute approximate surface area is 616 Å². The summed E-state index contributed by atoms with van der Waals surface area (Å²) in [5, 5.41) is 0. The summed E-state index contributed by atoms with van der Waals surface area (Å²) in [5.41, 5.74) is 30.7. The van der Waals surface area contributed by atoms with Crippen molar-refractivity contribution in [3.63, 3.8) is 0 Å². The molecule has 16 aromatic rings. The Hall–Kier alpha value is -13.1. The Morgan fingerprint density at radius 2 is 0.648 bits per heavy atom. The summed E-state index contributed by atoms with van der Waals surface area (Å²) in [6, 6.07) is 140. The Bertz CT molecular complexity index is 5880. The van der Waals surface area contributed by atoms with Crippen molar-refractivity contribution < 1.29 is 4.39 Å². The molecule has 9 heteroatoms. The lowest BCUT2D eigenvalue weighted by Gasteiger charge is -2.46. The maximum Gasteiger partial charge on any atom is 0.252 e. The third-order valence-corrected chi connectivity index (χ3v) is 22.4. The molecule has 4 heterocycles. The van der Waals surface area contributed by atoms with Crippen LogP contribution in [0, 0.1) is 5.82 Å². The lowest BCUT2D eigenvalue weighted by atomic mass is 9.31. The lowest BCUT2D eigenvalue weighted by Crippen LogP contribution is -2.64. The van der Waals surface area contributed by atoms with E-state index in [4.69, 9.17) is 0 Å². The number of hydrogen-bond donors (Lipinski definition) is 0. The molecule has 0 spiro atoms. The average molecular weight is 1360 g/mol. The fourth-order valence-electron chi connectivity index (χ4n) is 16.8. The van der Waals surface area contributed by atoms with Gasteiger partial charge < -0.3 is 24.5 Å². The van der Waals surface area contributed by atoms with Crippen molar-refractivity contribution in [2.75, 3.05) is 24.5 Å². The summed E-state index contributed by atoms with van der Waals surface area (Å²) in [6.07, 6.45) is 0. The zero-order chi connectivity index (χ0) is 69.5. The van der Waals surface area contributed by atoms with Gasteiger partial charge in [-0.2, -0.15) is 0 Å². The highest BCUT2D eigenvalue weighted by atomic mass is 32.2. The molecule has 16 aromatic carbocycles. The molecule has 0 aromatic heterocycles. The molecule has 492 valence electrons. The number of nitrogens with zero attached hydrogens (tertiary/aromatic N) is 5. The monoisotopic (exact) mass is 1360 g/mol. The first-order valence-electron chi connectivity index (χ1n) is 35.9. The highest BCUT2D eigenvalue weighted by Crippen LogP contribution is 2.55. The van der Waals surface area contributed by atoms with E-state index in [0.29, 0.717) is 0 Å².